The van der Waals surface area contributed by atoms with E-state index in [4.69, 9.17) is 4.74 Å². The maximum absolute atomic E-state index is 12.4. The Hall–Kier alpha value is -1.79. The molecule has 136 valence electrons. The van der Waals surface area contributed by atoms with E-state index in [0.717, 1.165) is 12.8 Å². The van der Waals surface area contributed by atoms with Crippen LogP contribution < -0.4 is 5.32 Å². The average molecular weight is 339 g/mol. The van der Waals surface area contributed by atoms with Crippen LogP contribution in [-0.4, -0.2) is 66.5 Å². The molecular formula is C17H29N3O4. The first-order valence-electron chi connectivity index (χ1n) is 8.90. The topological polar surface area (TPSA) is 79.0 Å². The molecule has 0 bridgehead atoms. The molecule has 3 amide bonds. The van der Waals surface area contributed by atoms with Gasteiger partial charge in [0, 0.05) is 38.6 Å². The van der Waals surface area contributed by atoms with Gasteiger partial charge in [0.2, 0.25) is 11.8 Å². The monoisotopic (exact) mass is 339 g/mol. The number of carbonyl (C=O) groups is 3. The molecule has 0 aromatic heterocycles. The highest BCUT2D eigenvalue weighted by molar-refractivity contribution is 5.89. The van der Waals surface area contributed by atoms with Gasteiger partial charge in [0.05, 0.1) is 12.5 Å². The summed E-state index contributed by atoms with van der Waals surface area (Å²) < 4.78 is 4.99. The fourth-order valence-electron chi connectivity index (χ4n) is 3.31. The average Bonchev–Trinajstić information content (AvgIpc) is 2.88. The molecule has 2 aliphatic rings. The molecule has 0 aromatic rings. The molecule has 24 heavy (non-hydrogen) atoms. The molecule has 2 heterocycles. The summed E-state index contributed by atoms with van der Waals surface area (Å²) in [6.07, 6.45) is 1.47. The first kappa shape index (κ1) is 18.5. The number of rotatable bonds is 5. The summed E-state index contributed by atoms with van der Waals surface area (Å²) in [7, 11) is 0. The first-order chi connectivity index (χ1) is 11.4. The predicted molar refractivity (Wildman–Crippen MR) is 89.3 cm³/mol. The van der Waals surface area contributed by atoms with Crippen LogP contribution in [0.15, 0.2) is 0 Å². The second kappa shape index (κ2) is 8.35. The van der Waals surface area contributed by atoms with Crippen LogP contribution in [0.5, 0.6) is 0 Å². The highest BCUT2D eigenvalue weighted by Gasteiger charge is 2.35. The molecule has 0 saturated carbocycles. The number of piperidine rings is 1. The number of likely N-dealkylation sites (tertiary alicyclic amines) is 2. The van der Waals surface area contributed by atoms with Crippen LogP contribution in [0.3, 0.4) is 0 Å². The van der Waals surface area contributed by atoms with E-state index in [0.29, 0.717) is 45.1 Å². The molecule has 1 atom stereocenters. The van der Waals surface area contributed by atoms with Gasteiger partial charge >= 0.3 is 6.09 Å². The Labute approximate surface area is 143 Å². The van der Waals surface area contributed by atoms with Crippen LogP contribution in [0, 0.1) is 11.8 Å². The third-order valence-corrected chi connectivity index (χ3v) is 4.54. The molecule has 2 fully saturated rings. The maximum atomic E-state index is 12.4. The Bertz CT molecular complexity index is 472. The maximum Gasteiger partial charge on any atom is 0.409 e. The Morgan fingerprint density at radius 2 is 1.96 bits per heavy atom. The molecule has 7 heteroatoms. The summed E-state index contributed by atoms with van der Waals surface area (Å²) in [5.74, 6) is 0.187. The number of amides is 3. The highest BCUT2D eigenvalue weighted by atomic mass is 16.6. The summed E-state index contributed by atoms with van der Waals surface area (Å²) in [5.41, 5.74) is 0. The molecule has 0 aromatic carbocycles. The van der Waals surface area contributed by atoms with Gasteiger partial charge in [-0.2, -0.15) is 0 Å². The van der Waals surface area contributed by atoms with Crippen LogP contribution in [0.25, 0.3) is 0 Å². The molecule has 2 rings (SSSR count). The lowest BCUT2D eigenvalue weighted by atomic mass is 10.0. The van der Waals surface area contributed by atoms with E-state index in [-0.39, 0.29) is 29.9 Å². The normalized spacial score (nSPS) is 22.2. The summed E-state index contributed by atoms with van der Waals surface area (Å²) >= 11 is 0. The minimum absolute atomic E-state index is 0.0378. The van der Waals surface area contributed by atoms with Crippen molar-refractivity contribution in [1.29, 1.82) is 0 Å². The Morgan fingerprint density at radius 3 is 2.54 bits per heavy atom. The van der Waals surface area contributed by atoms with Gasteiger partial charge in [-0.25, -0.2) is 4.79 Å². The van der Waals surface area contributed by atoms with Crippen molar-refractivity contribution in [3.63, 3.8) is 0 Å². The lowest BCUT2D eigenvalue weighted by Crippen LogP contribution is -2.48. The van der Waals surface area contributed by atoms with E-state index in [1.807, 2.05) is 0 Å². The molecule has 2 aliphatic heterocycles. The van der Waals surface area contributed by atoms with Gasteiger partial charge in [-0.05, 0) is 25.7 Å². The second-order valence-corrected chi connectivity index (χ2v) is 7.06. The Morgan fingerprint density at radius 1 is 1.29 bits per heavy atom. The van der Waals surface area contributed by atoms with E-state index in [9.17, 15) is 14.4 Å². The SMILES string of the molecule is CCOC(=O)N1CCC(NC(=O)[C@H]2CC(=O)N(CC(C)C)C2)CC1. The first-order valence-corrected chi connectivity index (χ1v) is 8.90. The molecule has 7 nitrogen and oxygen atoms in total. The van der Waals surface area contributed by atoms with Gasteiger partial charge in [-0.1, -0.05) is 13.8 Å². The third kappa shape index (κ3) is 4.85. The van der Waals surface area contributed by atoms with Gasteiger partial charge in [-0.3, -0.25) is 9.59 Å². The number of hydrogen-bond donors (Lipinski definition) is 1. The van der Waals surface area contributed by atoms with Gasteiger partial charge in [0.1, 0.15) is 0 Å². The van der Waals surface area contributed by atoms with Crippen molar-refractivity contribution < 1.29 is 19.1 Å². The van der Waals surface area contributed by atoms with Crippen LogP contribution in [0.2, 0.25) is 0 Å². The fourth-order valence-corrected chi connectivity index (χ4v) is 3.31. The molecule has 0 aliphatic carbocycles. The quantitative estimate of drug-likeness (QED) is 0.817. The number of carbonyl (C=O) groups excluding carboxylic acids is 3. The lowest BCUT2D eigenvalue weighted by molar-refractivity contribution is -0.129. The Balaban J connectivity index is 1.76. The largest absolute Gasteiger partial charge is 0.450 e. The summed E-state index contributed by atoms with van der Waals surface area (Å²) in [4.78, 5) is 39.5. The van der Waals surface area contributed by atoms with Crippen molar-refractivity contribution >= 4 is 17.9 Å². The molecule has 0 spiro atoms. The van der Waals surface area contributed by atoms with Crippen LogP contribution >= 0.6 is 0 Å². The molecule has 0 radical (unpaired) electrons. The standard InChI is InChI=1S/C17H29N3O4/c1-4-24-17(23)19-7-5-14(6-8-19)18-16(22)13-9-15(21)20(11-13)10-12(2)3/h12-14H,4-11H2,1-3H3,(H,18,22)/t13-/m0/s1. The number of ether oxygens (including phenoxy) is 1. The van der Waals surface area contributed by atoms with Gasteiger partial charge in [-0.15, -0.1) is 0 Å². The van der Waals surface area contributed by atoms with E-state index in [2.05, 4.69) is 19.2 Å². The zero-order valence-corrected chi connectivity index (χ0v) is 14.9. The van der Waals surface area contributed by atoms with Crippen molar-refractivity contribution in [3.8, 4) is 0 Å². The summed E-state index contributed by atoms with van der Waals surface area (Å²) in [5, 5.41) is 3.05. The van der Waals surface area contributed by atoms with Gasteiger partial charge in [0.15, 0.2) is 0 Å². The van der Waals surface area contributed by atoms with Gasteiger partial charge in [0.25, 0.3) is 0 Å². The fraction of sp³-hybridized carbons (Fsp3) is 0.824. The van der Waals surface area contributed by atoms with Crippen LogP contribution in [0.1, 0.15) is 40.0 Å². The van der Waals surface area contributed by atoms with E-state index >= 15 is 0 Å². The molecular weight excluding hydrogens is 310 g/mol. The molecule has 1 N–H and O–H groups in total. The van der Waals surface area contributed by atoms with Crippen molar-refractivity contribution in [2.75, 3.05) is 32.8 Å². The van der Waals surface area contributed by atoms with Gasteiger partial charge < -0.3 is 19.9 Å². The van der Waals surface area contributed by atoms with Crippen LogP contribution in [-0.2, 0) is 14.3 Å². The predicted octanol–water partition coefficient (Wildman–Crippen LogP) is 1.23. The number of nitrogens with zero attached hydrogens (tertiary/aromatic N) is 2. The number of nitrogens with one attached hydrogen (secondary N) is 1. The summed E-state index contributed by atoms with van der Waals surface area (Å²) in [6, 6.07) is 0.0671. The lowest BCUT2D eigenvalue weighted by Gasteiger charge is -2.32. The summed E-state index contributed by atoms with van der Waals surface area (Å²) in [6.45, 7) is 8.70. The smallest absolute Gasteiger partial charge is 0.409 e. The molecule has 2 saturated heterocycles. The molecule has 0 unspecified atom stereocenters. The van der Waals surface area contributed by atoms with E-state index in [1.165, 1.54) is 0 Å². The van der Waals surface area contributed by atoms with Crippen molar-refractivity contribution in [1.82, 2.24) is 15.1 Å². The Kier molecular flexibility index (Phi) is 6.45. The van der Waals surface area contributed by atoms with Crippen LogP contribution in [0.4, 0.5) is 4.79 Å². The zero-order chi connectivity index (χ0) is 17.7. The minimum atomic E-state index is -0.284. The van der Waals surface area contributed by atoms with Crippen molar-refractivity contribution in [2.45, 2.75) is 46.1 Å². The van der Waals surface area contributed by atoms with Crippen molar-refractivity contribution in [3.05, 3.63) is 0 Å². The zero-order valence-electron chi connectivity index (χ0n) is 14.9. The third-order valence-electron chi connectivity index (χ3n) is 4.54. The minimum Gasteiger partial charge on any atom is -0.450 e. The number of hydrogen-bond acceptors (Lipinski definition) is 4. The van der Waals surface area contributed by atoms with E-state index < -0.39 is 0 Å². The highest BCUT2D eigenvalue weighted by Crippen LogP contribution is 2.20. The second-order valence-electron chi connectivity index (χ2n) is 7.06. The van der Waals surface area contributed by atoms with Crippen molar-refractivity contribution in [2.24, 2.45) is 11.8 Å². The van der Waals surface area contributed by atoms with E-state index in [1.54, 1.807) is 16.7 Å².